The number of carbonyl (C=O) groups is 1. The van der Waals surface area contributed by atoms with Gasteiger partial charge in [0, 0.05) is 23.2 Å². The number of amides is 1. The highest BCUT2D eigenvalue weighted by Gasteiger charge is 2.08. The van der Waals surface area contributed by atoms with Crippen LogP contribution in [0.5, 0.6) is 5.75 Å². The maximum absolute atomic E-state index is 11.5. The monoisotopic (exact) mass is 291 g/mol. The van der Waals surface area contributed by atoms with E-state index in [0.29, 0.717) is 22.4 Å². The molecule has 1 aromatic rings. The lowest BCUT2D eigenvalue weighted by Crippen LogP contribution is -2.38. The summed E-state index contributed by atoms with van der Waals surface area (Å²) >= 11 is 11.6. The third-order valence-electron chi connectivity index (χ3n) is 2.03. The molecular weight excluding hydrogens is 277 g/mol. The standard InChI is InChI=1S/C12H15Cl2NO3/c1-8(6-17-2)15-12(16)7-18-11-4-9(13)3-10(14)5-11/h3-5,8H,6-7H2,1-2H3,(H,15,16). The molecule has 1 unspecified atom stereocenters. The first-order valence-electron chi connectivity index (χ1n) is 5.38. The average molecular weight is 292 g/mol. The Balaban J connectivity index is 2.42. The summed E-state index contributed by atoms with van der Waals surface area (Å²) in [5.74, 6) is 0.234. The Hall–Kier alpha value is -0.970. The van der Waals surface area contributed by atoms with Crippen LogP contribution < -0.4 is 10.1 Å². The van der Waals surface area contributed by atoms with E-state index >= 15 is 0 Å². The quantitative estimate of drug-likeness (QED) is 0.876. The molecule has 0 radical (unpaired) electrons. The molecule has 1 aromatic carbocycles. The summed E-state index contributed by atoms with van der Waals surface area (Å²) < 4.78 is 10.2. The number of hydrogen-bond acceptors (Lipinski definition) is 3. The Kier molecular flexibility index (Phi) is 6.25. The molecule has 1 amide bonds. The molecule has 0 aromatic heterocycles. The Morgan fingerprint density at radius 2 is 1.94 bits per heavy atom. The van der Waals surface area contributed by atoms with Crippen LogP contribution in [-0.4, -0.2) is 32.3 Å². The Morgan fingerprint density at radius 3 is 2.50 bits per heavy atom. The first kappa shape index (κ1) is 15.1. The molecule has 1 N–H and O–H groups in total. The molecule has 0 heterocycles. The lowest BCUT2D eigenvalue weighted by atomic mass is 10.3. The van der Waals surface area contributed by atoms with Gasteiger partial charge in [-0.05, 0) is 25.1 Å². The molecule has 4 nitrogen and oxygen atoms in total. The predicted molar refractivity (Wildman–Crippen MR) is 71.4 cm³/mol. The maximum Gasteiger partial charge on any atom is 0.258 e. The number of hydrogen-bond donors (Lipinski definition) is 1. The normalized spacial score (nSPS) is 12.0. The van der Waals surface area contributed by atoms with Gasteiger partial charge < -0.3 is 14.8 Å². The van der Waals surface area contributed by atoms with E-state index in [1.807, 2.05) is 6.92 Å². The SMILES string of the molecule is COCC(C)NC(=O)COc1cc(Cl)cc(Cl)c1. The van der Waals surface area contributed by atoms with E-state index in [2.05, 4.69) is 5.32 Å². The zero-order valence-electron chi connectivity index (χ0n) is 10.2. The molecule has 0 saturated heterocycles. The van der Waals surface area contributed by atoms with Crippen molar-refractivity contribution in [3.8, 4) is 5.75 Å². The molecule has 1 rings (SSSR count). The van der Waals surface area contributed by atoms with Crippen molar-refractivity contribution in [3.63, 3.8) is 0 Å². The number of methoxy groups -OCH3 is 1. The number of rotatable bonds is 6. The van der Waals surface area contributed by atoms with Crippen LogP contribution in [0.3, 0.4) is 0 Å². The molecule has 6 heteroatoms. The second-order valence-corrected chi connectivity index (χ2v) is 4.69. The maximum atomic E-state index is 11.5. The minimum absolute atomic E-state index is 0.0611. The van der Waals surface area contributed by atoms with Crippen LogP contribution in [0.25, 0.3) is 0 Å². The highest BCUT2D eigenvalue weighted by atomic mass is 35.5. The molecule has 100 valence electrons. The number of ether oxygens (including phenoxy) is 2. The van der Waals surface area contributed by atoms with E-state index in [0.717, 1.165) is 0 Å². The van der Waals surface area contributed by atoms with Crippen LogP contribution >= 0.6 is 23.2 Å². The number of nitrogens with one attached hydrogen (secondary N) is 1. The van der Waals surface area contributed by atoms with Crippen molar-refractivity contribution in [1.82, 2.24) is 5.32 Å². The molecule has 0 bridgehead atoms. The van der Waals surface area contributed by atoms with Crippen LogP contribution in [-0.2, 0) is 9.53 Å². The number of carbonyl (C=O) groups excluding carboxylic acids is 1. The van der Waals surface area contributed by atoms with E-state index in [4.69, 9.17) is 32.7 Å². The summed E-state index contributed by atoms with van der Waals surface area (Å²) in [5.41, 5.74) is 0. The summed E-state index contributed by atoms with van der Waals surface area (Å²) in [6.07, 6.45) is 0. The van der Waals surface area contributed by atoms with E-state index in [1.54, 1.807) is 25.3 Å². The highest BCUT2D eigenvalue weighted by Crippen LogP contribution is 2.23. The predicted octanol–water partition coefficient (Wildman–Crippen LogP) is 2.52. The van der Waals surface area contributed by atoms with E-state index in [1.165, 1.54) is 0 Å². The summed E-state index contributed by atoms with van der Waals surface area (Å²) in [4.78, 5) is 11.5. The number of benzene rings is 1. The summed E-state index contributed by atoms with van der Waals surface area (Å²) in [6, 6.07) is 4.73. The third kappa shape index (κ3) is 5.58. The Morgan fingerprint density at radius 1 is 1.33 bits per heavy atom. The molecule has 0 aliphatic carbocycles. The number of halogens is 2. The minimum atomic E-state index is -0.226. The molecule has 1 atom stereocenters. The zero-order chi connectivity index (χ0) is 13.5. The van der Waals surface area contributed by atoms with Gasteiger partial charge in [-0.15, -0.1) is 0 Å². The van der Waals surface area contributed by atoms with Gasteiger partial charge in [0.15, 0.2) is 6.61 Å². The molecule has 0 fully saturated rings. The average Bonchev–Trinajstić information content (AvgIpc) is 2.25. The van der Waals surface area contributed by atoms with Crippen molar-refractivity contribution in [1.29, 1.82) is 0 Å². The van der Waals surface area contributed by atoms with Gasteiger partial charge in [-0.2, -0.15) is 0 Å². The third-order valence-corrected chi connectivity index (χ3v) is 2.47. The molecular formula is C12H15Cl2NO3. The Labute approximate surface area is 116 Å². The van der Waals surface area contributed by atoms with Crippen LogP contribution in [0.4, 0.5) is 0 Å². The summed E-state index contributed by atoms with van der Waals surface area (Å²) in [6.45, 7) is 2.21. The van der Waals surface area contributed by atoms with Crippen molar-refractivity contribution in [2.75, 3.05) is 20.3 Å². The van der Waals surface area contributed by atoms with Crippen molar-refractivity contribution in [2.24, 2.45) is 0 Å². The highest BCUT2D eigenvalue weighted by molar-refractivity contribution is 6.34. The molecule has 18 heavy (non-hydrogen) atoms. The fourth-order valence-corrected chi connectivity index (χ4v) is 1.87. The smallest absolute Gasteiger partial charge is 0.258 e. The fraction of sp³-hybridized carbons (Fsp3) is 0.417. The van der Waals surface area contributed by atoms with E-state index in [9.17, 15) is 4.79 Å². The van der Waals surface area contributed by atoms with Crippen LogP contribution in [0.1, 0.15) is 6.92 Å². The second kappa shape index (κ2) is 7.46. The van der Waals surface area contributed by atoms with Crippen molar-refractivity contribution < 1.29 is 14.3 Å². The summed E-state index contributed by atoms with van der Waals surface area (Å²) in [7, 11) is 1.58. The van der Waals surface area contributed by atoms with Gasteiger partial charge in [-0.25, -0.2) is 0 Å². The summed E-state index contributed by atoms with van der Waals surface area (Å²) in [5, 5.41) is 3.65. The lowest BCUT2D eigenvalue weighted by Gasteiger charge is -2.13. The lowest BCUT2D eigenvalue weighted by molar-refractivity contribution is -0.124. The molecule has 0 spiro atoms. The van der Waals surface area contributed by atoms with Crippen LogP contribution in [0, 0.1) is 0 Å². The van der Waals surface area contributed by atoms with Crippen molar-refractivity contribution in [2.45, 2.75) is 13.0 Å². The largest absolute Gasteiger partial charge is 0.484 e. The van der Waals surface area contributed by atoms with Gasteiger partial charge in [0.1, 0.15) is 5.75 Å². The Bertz CT molecular complexity index is 392. The molecule has 0 saturated carbocycles. The van der Waals surface area contributed by atoms with Gasteiger partial charge in [-0.1, -0.05) is 23.2 Å². The van der Waals surface area contributed by atoms with Crippen LogP contribution in [0.2, 0.25) is 10.0 Å². The van der Waals surface area contributed by atoms with E-state index < -0.39 is 0 Å². The van der Waals surface area contributed by atoms with Crippen LogP contribution in [0.15, 0.2) is 18.2 Å². The van der Waals surface area contributed by atoms with Gasteiger partial charge >= 0.3 is 0 Å². The first-order chi connectivity index (χ1) is 8.51. The van der Waals surface area contributed by atoms with Gasteiger partial charge in [-0.3, -0.25) is 4.79 Å². The first-order valence-corrected chi connectivity index (χ1v) is 6.14. The zero-order valence-corrected chi connectivity index (χ0v) is 11.7. The fourth-order valence-electron chi connectivity index (χ4n) is 1.37. The second-order valence-electron chi connectivity index (χ2n) is 3.82. The molecule has 0 aliphatic rings. The van der Waals surface area contributed by atoms with Gasteiger partial charge in [0.25, 0.3) is 5.91 Å². The van der Waals surface area contributed by atoms with Crippen molar-refractivity contribution >= 4 is 29.1 Å². The van der Waals surface area contributed by atoms with Crippen molar-refractivity contribution in [3.05, 3.63) is 28.2 Å². The van der Waals surface area contributed by atoms with Gasteiger partial charge in [0.05, 0.1) is 6.61 Å². The topological polar surface area (TPSA) is 47.6 Å². The van der Waals surface area contributed by atoms with Gasteiger partial charge in [0.2, 0.25) is 0 Å². The van der Waals surface area contributed by atoms with E-state index in [-0.39, 0.29) is 18.6 Å². The molecule has 0 aliphatic heterocycles. The minimum Gasteiger partial charge on any atom is -0.484 e.